The first-order valence-corrected chi connectivity index (χ1v) is 7.93. The summed E-state index contributed by atoms with van der Waals surface area (Å²) < 4.78 is 1.52. The van der Waals surface area contributed by atoms with Crippen LogP contribution in [0.4, 0.5) is 5.69 Å². The third-order valence-corrected chi connectivity index (χ3v) is 4.21. The van der Waals surface area contributed by atoms with Crippen LogP contribution < -0.4 is 0 Å². The molecule has 0 spiro atoms. The molecule has 0 aromatic heterocycles. The Morgan fingerprint density at radius 3 is 2.48 bits per heavy atom. The summed E-state index contributed by atoms with van der Waals surface area (Å²) in [5.41, 5.74) is 1.51. The zero-order valence-electron chi connectivity index (χ0n) is 10.9. The van der Waals surface area contributed by atoms with Gasteiger partial charge in [-0.1, -0.05) is 46.3 Å². The Morgan fingerprint density at radius 1 is 0.905 bits per heavy atom. The summed E-state index contributed by atoms with van der Waals surface area (Å²) in [5.74, 6) is 0.183. The highest BCUT2D eigenvalue weighted by Crippen LogP contribution is 2.31. The summed E-state index contributed by atoms with van der Waals surface area (Å²) in [5, 5.41) is 12.3. The Kier molecular flexibility index (Phi) is 4.08. The van der Waals surface area contributed by atoms with Crippen molar-refractivity contribution < 1.29 is 5.11 Å². The van der Waals surface area contributed by atoms with E-state index in [1.54, 1.807) is 12.3 Å². The molecule has 0 heterocycles. The molecule has 0 saturated heterocycles. The second kappa shape index (κ2) is 6.00. The van der Waals surface area contributed by atoms with Gasteiger partial charge in [-0.15, -0.1) is 0 Å². The topological polar surface area (TPSA) is 32.6 Å². The first-order chi connectivity index (χ1) is 10.1. The van der Waals surface area contributed by atoms with Crippen molar-refractivity contribution in [3.05, 3.63) is 69.1 Å². The smallest absolute Gasteiger partial charge is 0.138 e. The van der Waals surface area contributed by atoms with Crippen molar-refractivity contribution in [2.45, 2.75) is 0 Å². The van der Waals surface area contributed by atoms with Gasteiger partial charge in [0.05, 0.1) is 10.2 Å². The average Bonchev–Trinajstić information content (AvgIpc) is 2.49. The van der Waals surface area contributed by atoms with Crippen LogP contribution in [0.2, 0.25) is 0 Å². The van der Waals surface area contributed by atoms with E-state index in [1.165, 1.54) is 5.39 Å². The van der Waals surface area contributed by atoms with E-state index < -0.39 is 0 Å². The van der Waals surface area contributed by atoms with Crippen molar-refractivity contribution in [1.29, 1.82) is 0 Å². The molecule has 1 N–H and O–H groups in total. The fourth-order valence-corrected chi connectivity index (χ4v) is 3.34. The van der Waals surface area contributed by atoms with E-state index in [4.69, 9.17) is 0 Å². The Hall–Kier alpha value is -1.65. The fraction of sp³-hybridized carbons (Fsp3) is 0. The van der Waals surface area contributed by atoms with Gasteiger partial charge in [0.15, 0.2) is 0 Å². The van der Waals surface area contributed by atoms with Gasteiger partial charge in [-0.2, -0.15) is 0 Å². The van der Waals surface area contributed by atoms with Crippen LogP contribution in [-0.2, 0) is 0 Å². The van der Waals surface area contributed by atoms with Gasteiger partial charge in [0.25, 0.3) is 0 Å². The minimum absolute atomic E-state index is 0.183. The Morgan fingerprint density at radius 2 is 1.67 bits per heavy atom. The lowest BCUT2D eigenvalue weighted by Crippen LogP contribution is -1.84. The number of phenols is 1. The summed E-state index contributed by atoms with van der Waals surface area (Å²) in [6, 6.07) is 17.8. The molecule has 0 amide bonds. The van der Waals surface area contributed by atoms with Crippen LogP contribution in [0.1, 0.15) is 5.56 Å². The van der Waals surface area contributed by atoms with E-state index in [2.05, 4.69) is 49.0 Å². The molecule has 0 aliphatic carbocycles. The largest absolute Gasteiger partial charge is 0.506 e. The van der Waals surface area contributed by atoms with Crippen LogP contribution in [0.3, 0.4) is 0 Å². The number of rotatable bonds is 2. The van der Waals surface area contributed by atoms with E-state index in [-0.39, 0.29) is 5.75 Å². The number of hydrogen-bond acceptors (Lipinski definition) is 2. The Balaban J connectivity index is 1.98. The van der Waals surface area contributed by atoms with Gasteiger partial charge >= 0.3 is 0 Å². The average molecular weight is 405 g/mol. The van der Waals surface area contributed by atoms with Crippen LogP contribution in [-0.4, -0.2) is 11.3 Å². The maximum Gasteiger partial charge on any atom is 0.138 e. The Labute approximate surface area is 139 Å². The third-order valence-electron chi connectivity index (χ3n) is 3.14. The zero-order valence-corrected chi connectivity index (χ0v) is 14.1. The summed E-state index contributed by atoms with van der Waals surface area (Å²) in [7, 11) is 0. The summed E-state index contributed by atoms with van der Waals surface area (Å²) in [4.78, 5) is 4.44. The highest BCUT2D eigenvalue weighted by atomic mass is 79.9. The van der Waals surface area contributed by atoms with Crippen molar-refractivity contribution in [3.8, 4) is 5.75 Å². The molecule has 3 aromatic carbocycles. The van der Waals surface area contributed by atoms with Crippen molar-refractivity contribution >= 4 is 54.5 Å². The molecular weight excluding hydrogens is 394 g/mol. The first-order valence-electron chi connectivity index (χ1n) is 6.34. The fourth-order valence-electron chi connectivity index (χ4n) is 2.09. The second-order valence-electron chi connectivity index (χ2n) is 4.62. The van der Waals surface area contributed by atoms with Gasteiger partial charge in [-0.05, 0) is 51.0 Å². The molecule has 0 aliphatic rings. The quantitative estimate of drug-likeness (QED) is 0.536. The second-order valence-corrected chi connectivity index (χ2v) is 6.39. The highest BCUT2D eigenvalue weighted by molar-refractivity contribution is 9.11. The van der Waals surface area contributed by atoms with Crippen molar-refractivity contribution in [1.82, 2.24) is 0 Å². The molecule has 0 radical (unpaired) electrons. The molecule has 3 aromatic rings. The number of aliphatic imine (C=N–C) groups is 1. The van der Waals surface area contributed by atoms with E-state index in [9.17, 15) is 5.11 Å². The Bertz CT molecular complexity index is 843. The van der Waals surface area contributed by atoms with Crippen molar-refractivity contribution in [3.63, 3.8) is 0 Å². The van der Waals surface area contributed by atoms with Gasteiger partial charge < -0.3 is 5.11 Å². The summed E-state index contributed by atoms with van der Waals surface area (Å²) in [6.45, 7) is 0. The van der Waals surface area contributed by atoms with Crippen LogP contribution in [0.5, 0.6) is 5.75 Å². The summed E-state index contributed by atoms with van der Waals surface area (Å²) >= 11 is 6.72. The predicted octanol–water partition coefficient (Wildman–Crippen LogP) is 5.82. The SMILES string of the molecule is Oc1c(Br)cc(Br)cc1C=Nc1ccc2ccccc2c1. The molecule has 3 rings (SSSR count). The standard InChI is InChI=1S/C17H11Br2NO/c18-14-7-13(17(21)16(19)9-14)10-20-15-6-5-11-3-1-2-4-12(11)8-15/h1-10,21H. The minimum atomic E-state index is 0.183. The minimum Gasteiger partial charge on any atom is -0.506 e. The molecule has 0 bridgehead atoms. The van der Waals surface area contributed by atoms with E-state index in [1.807, 2.05) is 36.4 Å². The van der Waals surface area contributed by atoms with Gasteiger partial charge in [0, 0.05) is 16.3 Å². The molecule has 0 aliphatic heterocycles. The van der Waals surface area contributed by atoms with E-state index in [0.29, 0.717) is 10.0 Å². The third kappa shape index (κ3) is 3.17. The van der Waals surface area contributed by atoms with Gasteiger partial charge in [0.2, 0.25) is 0 Å². The van der Waals surface area contributed by atoms with Crippen molar-refractivity contribution in [2.75, 3.05) is 0 Å². The molecule has 2 nitrogen and oxygen atoms in total. The molecule has 0 atom stereocenters. The molecule has 0 unspecified atom stereocenters. The lowest BCUT2D eigenvalue weighted by Gasteiger charge is -2.03. The number of phenolic OH excluding ortho intramolecular Hbond substituents is 1. The maximum atomic E-state index is 10.0. The number of halogens is 2. The van der Waals surface area contributed by atoms with Crippen LogP contribution in [0.25, 0.3) is 10.8 Å². The zero-order chi connectivity index (χ0) is 14.8. The number of benzene rings is 3. The van der Waals surface area contributed by atoms with Crippen LogP contribution in [0.15, 0.2) is 68.5 Å². The van der Waals surface area contributed by atoms with E-state index in [0.717, 1.165) is 15.5 Å². The first kappa shape index (κ1) is 14.3. The summed E-state index contributed by atoms with van der Waals surface area (Å²) in [6.07, 6.45) is 1.66. The lowest BCUT2D eigenvalue weighted by molar-refractivity contribution is 0.471. The number of nitrogens with zero attached hydrogens (tertiary/aromatic N) is 1. The number of aromatic hydroxyl groups is 1. The normalized spacial score (nSPS) is 11.3. The molecule has 0 fully saturated rings. The van der Waals surface area contributed by atoms with Gasteiger partial charge in [0.1, 0.15) is 5.75 Å². The molecule has 4 heteroatoms. The molecule has 0 saturated carbocycles. The monoisotopic (exact) mass is 403 g/mol. The van der Waals surface area contributed by atoms with Crippen LogP contribution >= 0.6 is 31.9 Å². The molecule has 104 valence electrons. The maximum absolute atomic E-state index is 10.0. The van der Waals surface area contributed by atoms with Crippen LogP contribution in [0, 0.1) is 0 Å². The molecular formula is C17H11Br2NO. The number of fused-ring (bicyclic) bond motifs is 1. The number of hydrogen-bond donors (Lipinski definition) is 1. The highest BCUT2D eigenvalue weighted by Gasteiger charge is 2.05. The predicted molar refractivity (Wildman–Crippen MR) is 94.7 cm³/mol. The molecule has 21 heavy (non-hydrogen) atoms. The van der Waals surface area contributed by atoms with Gasteiger partial charge in [-0.25, -0.2) is 0 Å². The van der Waals surface area contributed by atoms with Gasteiger partial charge in [-0.3, -0.25) is 4.99 Å². The van der Waals surface area contributed by atoms with E-state index >= 15 is 0 Å². The van der Waals surface area contributed by atoms with Crippen molar-refractivity contribution in [2.24, 2.45) is 4.99 Å². The lowest BCUT2D eigenvalue weighted by atomic mass is 10.1.